The second kappa shape index (κ2) is 5.28. The van der Waals surface area contributed by atoms with Crippen molar-refractivity contribution in [1.29, 1.82) is 0 Å². The lowest BCUT2D eigenvalue weighted by atomic mass is 10.1. The highest BCUT2D eigenvalue weighted by Gasteiger charge is 2.29. The van der Waals surface area contributed by atoms with Gasteiger partial charge in [0.05, 0.1) is 30.7 Å². The molecule has 3 rings (SSSR count). The quantitative estimate of drug-likeness (QED) is 0.747. The normalized spacial score (nSPS) is 14.1. The summed E-state index contributed by atoms with van der Waals surface area (Å²) < 4.78 is 7.29. The number of nitrogens with zero attached hydrogens (tertiary/aromatic N) is 4. The lowest BCUT2D eigenvalue weighted by molar-refractivity contribution is 0.0577. The molecular weight excluding hydrogens is 304 g/mol. The van der Waals surface area contributed by atoms with Crippen LogP contribution in [-0.2, 0) is 17.8 Å². The number of hydrogen-bond acceptors (Lipinski definition) is 4. The van der Waals surface area contributed by atoms with Crippen LogP contribution in [0.25, 0.3) is 0 Å². The van der Waals surface area contributed by atoms with Crippen LogP contribution in [0.15, 0.2) is 24.4 Å². The fourth-order valence-corrected chi connectivity index (χ4v) is 2.51. The van der Waals surface area contributed by atoms with Gasteiger partial charge in [-0.25, -0.2) is 9.48 Å². The van der Waals surface area contributed by atoms with Crippen molar-refractivity contribution in [2.45, 2.75) is 39.5 Å². The molecule has 116 valence electrons. The number of halogens is 1. The van der Waals surface area contributed by atoms with Crippen LogP contribution in [0.1, 0.15) is 32.0 Å². The van der Waals surface area contributed by atoms with E-state index in [9.17, 15) is 4.79 Å². The zero-order valence-corrected chi connectivity index (χ0v) is 13.5. The van der Waals surface area contributed by atoms with E-state index in [1.807, 2.05) is 26.8 Å². The molecule has 0 spiro atoms. The summed E-state index contributed by atoms with van der Waals surface area (Å²) in [5.41, 5.74) is 1.96. The zero-order chi connectivity index (χ0) is 15.9. The van der Waals surface area contributed by atoms with Gasteiger partial charge in [0.1, 0.15) is 5.60 Å². The summed E-state index contributed by atoms with van der Waals surface area (Å²) >= 11 is 6.10. The van der Waals surface area contributed by atoms with Gasteiger partial charge in [0, 0.05) is 5.02 Å². The van der Waals surface area contributed by atoms with Gasteiger partial charge >= 0.3 is 6.09 Å². The summed E-state index contributed by atoms with van der Waals surface area (Å²) in [6.07, 6.45) is 1.25. The van der Waals surface area contributed by atoms with Gasteiger partial charge in [0.15, 0.2) is 0 Å². The topological polar surface area (TPSA) is 60.2 Å². The van der Waals surface area contributed by atoms with Crippen LogP contribution in [0.4, 0.5) is 10.5 Å². The molecule has 0 saturated heterocycles. The van der Waals surface area contributed by atoms with E-state index in [4.69, 9.17) is 16.3 Å². The van der Waals surface area contributed by atoms with Crippen molar-refractivity contribution in [2.24, 2.45) is 0 Å². The van der Waals surface area contributed by atoms with Gasteiger partial charge in [-0.3, -0.25) is 4.90 Å². The van der Waals surface area contributed by atoms with Crippen LogP contribution in [0.5, 0.6) is 0 Å². The minimum atomic E-state index is -0.569. The predicted octanol–water partition coefficient (Wildman–Crippen LogP) is 3.23. The van der Waals surface area contributed by atoms with E-state index in [1.54, 1.807) is 27.9 Å². The number of benzene rings is 1. The Labute approximate surface area is 133 Å². The minimum absolute atomic E-state index is 0.343. The van der Waals surface area contributed by atoms with Crippen LogP contribution < -0.4 is 4.90 Å². The highest BCUT2D eigenvalue weighted by atomic mass is 35.5. The van der Waals surface area contributed by atoms with E-state index in [1.165, 1.54) is 0 Å². The Balaban J connectivity index is 2.04. The number of aromatic nitrogens is 3. The SMILES string of the molecule is CC(C)(C)OC(=O)N1Cc2cnnn2Cc2ccc(Cl)cc21. The van der Waals surface area contributed by atoms with Gasteiger partial charge in [0.2, 0.25) is 0 Å². The third-order valence-corrected chi connectivity index (χ3v) is 3.53. The molecule has 0 radical (unpaired) electrons. The first-order valence-electron chi connectivity index (χ1n) is 7.00. The van der Waals surface area contributed by atoms with E-state index in [0.717, 1.165) is 16.9 Å². The lowest BCUT2D eigenvalue weighted by Crippen LogP contribution is -2.36. The standard InChI is InChI=1S/C15H17ClN4O2/c1-15(2,3)22-14(21)19-9-12-7-17-18-20(12)8-10-4-5-11(16)6-13(10)19/h4-7H,8-9H2,1-3H3. The number of fused-ring (bicyclic) bond motifs is 2. The molecule has 0 aliphatic carbocycles. The molecule has 0 N–H and O–H groups in total. The van der Waals surface area contributed by atoms with E-state index in [0.29, 0.717) is 18.1 Å². The Bertz CT molecular complexity index is 721. The molecule has 2 aromatic rings. The minimum Gasteiger partial charge on any atom is -0.443 e. The van der Waals surface area contributed by atoms with Crippen molar-refractivity contribution in [1.82, 2.24) is 15.0 Å². The molecule has 1 aromatic carbocycles. The van der Waals surface area contributed by atoms with Crippen LogP contribution in [0.3, 0.4) is 0 Å². The maximum atomic E-state index is 12.6. The number of carbonyl (C=O) groups is 1. The Morgan fingerprint density at radius 3 is 2.82 bits per heavy atom. The Hall–Kier alpha value is -2.08. The van der Waals surface area contributed by atoms with Gasteiger partial charge < -0.3 is 4.74 Å². The molecule has 1 aliphatic heterocycles. The van der Waals surface area contributed by atoms with Crippen molar-refractivity contribution in [3.8, 4) is 0 Å². The smallest absolute Gasteiger partial charge is 0.415 e. The highest BCUT2D eigenvalue weighted by molar-refractivity contribution is 6.31. The average Bonchev–Trinajstić information content (AvgIpc) is 2.77. The number of amides is 1. The predicted molar refractivity (Wildman–Crippen MR) is 83.0 cm³/mol. The van der Waals surface area contributed by atoms with Crippen LogP contribution in [-0.4, -0.2) is 26.7 Å². The monoisotopic (exact) mass is 320 g/mol. The van der Waals surface area contributed by atoms with E-state index < -0.39 is 11.7 Å². The highest BCUT2D eigenvalue weighted by Crippen LogP contribution is 2.31. The van der Waals surface area contributed by atoms with Crippen LogP contribution in [0.2, 0.25) is 5.02 Å². The fraction of sp³-hybridized carbons (Fsp3) is 0.400. The molecule has 6 nitrogen and oxygen atoms in total. The molecule has 0 fully saturated rings. The molecule has 1 amide bonds. The number of ether oxygens (including phenoxy) is 1. The van der Waals surface area contributed by atoms with Crippen molar-refractivity contribution >= 4 is 23.4 Å². The maximum absolute atomic E-state index is 12.6. The molecule has 2 heterocycles. The molecule has 1 aromatic heterocycles. The van der Waals surface area contributed by atoms with Gasteiger partial charge in [-0.2, -0.15) is 0 Å². The van der Waals surface area contributed by atoms with Crippen LogP contribution in [0, 0.1) is 0 Å². The molecule has 7 heteroatoms. The average molecular weight is 321 g/mol. The van der Waals surface area contributed by atoms with E-state index in [2.05, 4.69) is 10.3 Å². The Kier molecular flexibility index (Phi) is 3.56. The molecular formula is C15H17ClN4O2. The summed E-state index contributed by atoms with van der Waals surface area (Å²) in [6.45, 7) is 6.41. The molecule has 0 bridgehead atoms. The molecule has 1 aliphatic rings. The van der Waals surface area contributed by atoms with E-state index in [-0.39, 0.29) is 0 Å². The van der Waals surface area contributed by atoms with Gasteiger partial charge in [0.25, 0.3) is 0 Å². The zero-order valence-electron chi connectivity index (χ0n) is 12.7. The third kappa shape index (κ3) is 2.92. The Morgan fingerprint density at radius 2 is 2.09 bits per heavy atom. The van der Waals surface area contributed by atoms with Gasteiger partial charge in [-0.15, -0.1) is 5.10 Å². The molecule has 0 unspecified atom stereocenters. The van der Waals surface area contributed by atoms with E-state index >= 15 is 0 Å². The summed E-state index contributed by atoms with van der Waals surface area (Å²) in [4.78, 5) is 14.2. The molecule has 0 saturated carbocycles. The first-order valence-corrected chi connectivity index (χ1v) is 7.37. The van der Waals surface area contributed by atoms with Crippen molar-refractivity contribution in [2.75, 3.05) is 4.90 Å². The molecule has 22 heavy (non-hydrogen) atoms. The summed E-state index contributed by atoms with van der Waals surface area (Å²) in [5.74, 6) is 0. The lowest BCUT2D eigenvalue weighted by Gasteiger charge is -2.27. The fourth-order valence-electron chi connectivity index (χ4n) is 2.34. The number of anilines is 1. The second-order valence-corrected chi connectivity index (χ2v) is 6.66. The van der Waals surface area contributed by atoms with Crippen LogP contribution >= 0.6 is 11.6 Å². The van der Waals surface area contributed by atoms with Crippen molar-refractivity contribution in [3.63, 3.8) is 0 Å². The molecule has 0 atom stereocenters. The summed E-state index contributed by atoms with van der Waals surface area (Å²) in [5, 5.41) is 8.55. The first kappa shape index (κ1) is 14.8. The largest absolute Gasteiger partial charge is 0.443 e. The number of carbonyl (C=O) groups excluding carboxylic acids is 1. The number of hydrogen-bond donors (Lipinski definition) is 0. The Morgan fingerprint density at radius 1 is 1.32 bits per heavy atom. The number of rotatable bonds is 0. The second-order valence-electron chi connectivity index (χ2n) is 6.22. The third-order valence-electron chi connectivity index (χ3n) is 3.29. The summed E-state index contributed by atoms with van der Waals surface area (Å²) in [7, 11) is 0. The van der Waals surface area contributed by atoms with Crippen molar-refractivity contribution in [3.05, 3.63) is 40.7 Å². The van der Waals surface area contributed by atoms with Gasteiger partial charge in [-0.1, -0.05) is 22.9 Å². The van der Waals surface area contributed by atoms with Gasteiger partial charge in [-0.05, 0) is 38.5 Å². The first-order chi connectivity index (χ1) is 10.3. The summed E-state index contributed by atoms with van der Waals surface area (Å²) in [6, 6.07) is 5.47. The van der Waals surface area contributed by atoms with Crippen molar-refractivity contribution < 1.29 is 9.53 Å². The maximum Gasteiger partial charge on any atom is 0.415 e.